The highest BCUT2D eigenvalue weighted by Crippen LogP contribution is 2.31. The second-order valence-electron chi connectivity index (χ2n) is 7.26. The first-order valence-corrected chi connectivity index (χ1v) is 9.70. The van der Waals surface area contributed by atoms with Crippen molar-refractivity contribution in [2.45, 2.75) is 32.7 Å². The molecule has 1 amide bonds. The number of aliphatic imine (C=N–C) groups is 1. The molecule has 0 radical (unpaired) electrons. The molecule has 0 saturated carbocycles. The number of carboxylic acid groups (broad SMARTS) is 1. The maximum absolute atomic E-state index is 12.4. The molecular formula is C20H19N3O4S. The Morgan fingerprint density at radius 2 is 2.18 bits per heavy atom. The van der Waals surface area contributed by atoms with Gasteiger partial charge < -0.3 is 14.8 Å². The molecule has 0 aromatic carbocycles. The predicted octanol–water partition coefficient (Wildman–Crippen LogP) is 3.47. The fourth-order valence-electron chi connectivity index (χ4n) is 3.08. The Bertz CT molecular complexity index is 1110. The van der Waals surface area contributed by atoms with Crippen molar-refractivity contribution in [2.24, 2.45) is 10.9 Å². The molecule has 144 valence electrons. The van der Waals surface area contributed by atoms with E-state index in [1.165, 1.54) is 11.3 Å². The van der Waals surface area contributed by atoms with Gasteiger partial charge in [0.25, 0.3) is 5.91 Å². The second-order valence-corrected chi connectivity index (χ2v) is 8.43. The van der Waals surface area contributed by atoms with Crippen molar-refractivity contribution in [1.82, 2.24) is 10.3 Å². The van der Waals surface area contributed by atoms with Gasteiger partial charge >= 0.3 is 5.97 Å². The van der Waals surface area contributed by atoms with E-state index in [0.717, 1.165) is 15.3 Å². The van der Waals surface area contributed by atoms with Crippen LogP contribution in [0.2, 0.25) is 0 Å². The van der Waals surface area contributed by atoms with E-state index in [9.17, 15) is 14.7 Å². The minimum atomic E-state index is -1.11. The molecule has 1 unspecified atom stereocenters. The second kappa shape index (κ2) is 6.56. The van der Waals surface area contributed by atoms with Gasteiger partial charge in [-0.2, -0.15) is 0 Å². The molecule has 28 heavy (non-hydrogen) atoms. The molecule has 0 spiro atoms. The van der Waals surface area contributed by atoms with Gasteiger partial charge in [0, 0.05) is 11.3 Å². The van der Waals surface area contributed by atoms with E-state index in [1.807, 2.05) is 32.0 Å². The number of carbonyl (C=O) groups excluding carboxylic acids is 1. The quantitative estimate of drug-likeness (QED) is 0.686. The van der Waals surface area contributed by atoms with Gasteiger partial charge in [0.2, 0.25) is 0 Å². The summed E-state index contributed by atoms with van der Waals surface area (Å²) in [6.45, 7) is 5.55. The maximum atomic E-state index is 12.4. The van der Waals surface area contributed by atoms with Gasteiger partial charge in [-0.15, -0.1) is 11.3 Å². The number of hydrogen-bond donors (Lipinski definition) is 2. The van der Waals surface area contributed by atoms with Gasteiger partial charge in [-0.05, 0) is 37.1 Å². The lowest BCUT2D eigenvalue weighted by Crippen LogP contribution is -2.41. The highest BCUT2D eigenvalue weighted by Gasteiger charge is 2.43. The zero-order chi connectivity index (χ0) is 20.1. The predicted molar refractivity (Wildman–Crippen MR) is 106 cm³/mol. The van der Waals surface area contributed by atoms with E-state index < -0.39 is 11.5 Å². The lowest BCUT2D eigenvalue weighted by Gasteiger charge is -2.21. The molecule has 0 saturated heterocycles. The van der Waals surface area contributed by atoms with Crippen molar-refractivity contribution in [2.75, 3.05) is 0 Å². The van der Waals surface area contributed by atoms with E-state index in [0.29, 0.717) is 11.9 Å². The molecule has 0 fully saturated rings. The summed E-state index contributed by atoms with van der Waals surface area (Å²) in [7, 11) is 0. The third kappa shape index (κ3) is 2.99. The number of nitrogens with one attached hydrogen (secondary N) is 1. The summed E-state index contributed by atoms with van der Waals surface area (Å²) in [6, 6.07) is 7.22. The Morgan fingerprint density at radius 3 is 2.79 bits per heavy atom. The van der Waals surface area contributed by atoms with Crippen molar-refractivity contribution in [3.05, 3.63) is 52.4 Å². The van der Waals surface area contributed by atoms with Crippen LogP contribution in [0.5, 0.6) is 0 Å². The zero-order valence-corrected chi connectivity index (χ0v) is 16.5. The molecule has 1 atom stereocenters. The first-order valence-electron chi connectivity index (χ1n) is 8.88. The number of aromatic nitrogens is 1. The standard InChI is InChI=1S/C20H19N3O4S/c1-10(2)20(3)19(26)22-17(23-20)16-13(18(24)25)9-15-14(21-16)8-12(28-15)7-11-5-4-6-27-11/h4-6,8-10H,7H2,1-3H3,(H,24,25)(H,22,23,26). The Morgan fingerprint density at radius 1 is 1.39 bits per heavy atom. The van der Waals surface area contributed by atoms with E-state index in [1.54, 1.807) is 19.3 Å². The number of carbonyl (C=O) groups is 2. The van der Waals surface area contributed by atoms with E-state index >= 15 is 0 Å². The smallest absolute Gasteiger partial charge is 0.338 e. The lowest BCUT2D eigenvalue weighted by molar-refractivity contribution is -0.124. The van der Waals surface area contributed by atoms with Crippen molar-refractivity contribution in [3.63, 3.8) is 0 Å². The van der Waals surface area contributed by atoms with Crippen LogP contribution >= 0.6 is 11.3 Å². The monoisotopic (exact) mass is 397 g/mol. The number of nitrogens with zero attached hydrogens (tertiary/aromatic N) is 2. The van der Waals surface area contributed by atoms with E-state index in [-0.39, 0.29) is 28.9 Å². The summed E-state index contributed by atoms with van der Waals surface area (Å²) >= 11 is 1.47. The number of thiophene rings is 1. The van der Waals surface area contributed by atoms with E-state index in [4.69, 9.17) is 4.42 Å². The number of furan rings is 1. The molecule has 2 N–H and O–H groups in total. The molecule has 4 rings (SSSR count). The number of rotatable bonds is 5. The van der Waals surface area contributed by atoms with Crippen LogP contribution < -0.4 is 5.32 Å². The first-order chi connectivity index (χ1) is 13.3. The molecule has 8 heteroatoms. The molecule has 0 aliphatic carbocycles. The maximum Gasteiger partial charge on any atom is 0.338 e. The van der Waals surface area contributed by atoms with Crippen molar-refractivity contribution in [1.29, 1.82) is 0 Å². The SMILES string of the molecule is CC(C)C1(C)N=C(c2nc3cc(Cc4ccco4)sc3cc2C(=O)O)NC1=O. The number of amides is 1. The molecule has 4 heterocycles. The number of fused-ring (bicyclic) bond motifs is 1. The highest BCUT2D eigenvalue weighted by molar-refractivity contribution is 7.19. The molecule has 7 nitrogen and oxygen atoms in total. The minimum Gasteiger partial charge on any atom is -0.478 e. The van der Waals surface area contributed by atoms with Crippen LogP contribution in [0, 0.1) is 5.92 Å². The number of carboxylic acids is 1. The normalized spacial score (nSPS) is 19.3. The number of amidine groups is 1. The average molecular weight is 397 g/mol. The van der Waals surface area contributed by atoms with Crippen LogP contribution in [-0.2, 0) is 11.2 Å². The minimum absolute atomic E-state index is 0.0194. The molecular weight excluding hydrogens is 378 g/mol. The number of pyridine rings is 1. The topological polar surface area (TPSA) is 105 Å². The molecule has 3 aromatic heterocycles. The summed E-state index contributed by atoms with van der Waals surface area (Å²) in [5.74, 6) is -0.368. The lowest BCUT2D eigenvalue weighted by atomic mass is 9.89. The Kier molecular flexibility index (Phi) is 4.30. The summed E-state index contributed by atoms with van der Waals surface area (Å²) in [5, 5.41) is 12.4. The van der Waals surface area contributed by atoms with Gasteiger partial charge in [-0.25, -0.2) is 14.8 Å². The van der Waals surface area contributed by atoms with Gasteiger partial charge in [-0.3, -0.25) is 4.79 Å². The van der Waals surface area contributed by atoms with E-state index in [2.05, 4.69) is 15.3 Å². The third-order valence-corrected chi connectivity index (χ3v) is 6.17. The van der Waals surface area contributed by atoms with Crippen LogP contribution in [0.15, 0.2) is 39.9 Å². The Hall–Kier alpha value is -3.00. The Labute approximate surface area is 165 Å². The number of hydrogen-bond acceptors (Lipinski definition) is 6. The van der Waals surface area contributed by atoms with Gasteiger partial charge in [0.1, 0.15) is 17.0 Å². The summed E-state index contributed by atoms with van der Waals surface area (Å²) in [5.41, 5.74) is -0.0754. The van der Waals surface area contributed by atoms with Crippen LogP contribution in [0.1, 0.15) is 47.5 Å². The highest BCUT2D eigenvalue weighted by atomic mass is 32.1. The van der Waals surface area contributed by atoms with Gasteiger partial charge in [0.15, 0.2) is 5.84 Å². The van der Waals surface area contributed by atoms with Crippen LogP contribution in [0.25, 0.3) is 10.2 Å². The van der Waals surface area contributed by atoms with Crippen molar-refractivity contribution < 1.29 is 19.1 Å². The average Bonchev–Trinajstić information content (AvgIpc) is 3.34. The van der Waals surface area contributed by atoms with Gasteiger partial charge in [-0.1, -0.05) is 13.8 Å². The Balaban J connectivity index is 1.80. The van der Waals surface area contributed by atoms with Crippen LogP contribution in [-0.4, -0.2) is 33.3 Å². The summed E-state index contributed by atoms with van der Waals surface area (Å²) in [6.07, 6.45) is 2.23. The van der Waals surface area contributed by atoms with Crippen molar-refractivity contribution in [3.8, 4) is 0 Å². The zero-order valence-electron chi connectivity index (χ0n) is 15.6. The van der Waals surface area contributed by atoms with Crippen LogP contribution in [0.4, 0.5) is 0 Å². The van der Waals surface area contributed by atoms with Crippen molar-refractivity contribution >= 4 is 39.3 Å². The fourth-order valence-corrected chi connectivity index (χ4v) is 4.13. The fraction of sp³-hybridized carbons (Fsp3) is 0.300. The number of aromatic carboxylic acids is 1. The molecule has 1 aliphatic rings. The molecule has 0 bridgehead atoms. The van der Waals surface area contributed by atoms with Gasteiger partial charge in [0.05, 0.1) is 22.0 Å². The summed E-state index contributed by atoms with van der Waals surface area (Å²) < 4.78 is 6.15. The van der Waals surface area contributed by atoms with Crippen LogP contribution in [0.3, 0.4) is 0 Å². The molecule has 1 aliphatic heterocycles. The summed E-state index contributed by atoms with van der Waals surface area (Å²) in [4.78, 5) is 34.3. The first kappa shape index (κ1) is 18.4. The third-order valence-electron chi connectivity index (χ3n) is 5.10. The largest absolute Gasteiger partial charge is 0.478 e. The molecule has 3 aromatic rings.